The van der Waals surface area contributed by atoms with Crippen LogP contribution in [0.25, 0.3) is 0 Å². The Bertz CT molecular complexity index is 950. The number of carbonyl (C=O) groups is 1. The number of aryl methyl sites for hydroxylation is 2. The summed E-state index contributed by atoms with van der Waals surface area (Å²) in [4.78, 5) is 11.3. The van der Waals surface area contributed by atoms with E-state index in [4.69, 9.17) is 4.74 Å². The van der Waals surface area contributed by atoms with Crippen LogP contribution in [0.4, 0.5) is 0 Å². The molecule has 3 rings (SSSR count). The minimum Gasteiger partial charge on any atom is -0.493 e. The smallest absolute Gasteiger partial charge is 0.335 e. The van der Waals surface area contributed by atoms with Gasteiger partial charge in [-0.05, 0) is 36.6 Å². The number of nitrogens with one attached hydrogen (secondary N) is 1. The lowest BCUT2D eigenvalue weighted by molar-refractivity contribution is 0.0696. The minimum absolute atomic E-state index is 0.0186. The molecule has 0 aromatic heterocycles. The number of benzene rings is 2. The van der Waals surface area contributed by atoms with Crippen molar-refractivity contribution in [1.82, 2.24) is 4.72 Å². The maximum atomic E-state index is 12.7. The highest BCUT2D eigenvalue weighted by Crippen LogP contribution is 2.29. The molecule has 0 saturated heterocycles. The van der Waals surface area contributed by atoms with Crippen LogP contribution in [0.5, 0.6) is 5.75 Å². The first-order valence-corrected chi connectivity index (χ1v) is 9.35. The molecule has 0 amide bonds. The molecule has 2 N–H and O–H groups in total. The van der Waals surface area contributed by atoms with Crippen molar-refractivity contribution in [3.63, 3.8) is 0 Å². The number of hydrogen-bond donors (Lipinski definition) is 2. The Labute approximate surface area is 146 Å². The number of fused-ring (bicyclic) bond motifs is 1. The summed E-state index contributed by atoms with van der Waals surface area (Å²) in [5.74, 6) is -0.416. The van der Waals surface area contributed by atoms with Crippen LogP contribution in [0.3, 0.4) is 0 Å². The first kappa shape index (κ1) is 17.4. The molecule has 0 unspecified atom stereocenters. The van der Waals surface area contributed by atoms with Crippen molar-refractivity contribution in [2.24, 2.45) is 0 Å². The number of carboxylic acids is 1. The van der Waals surface area contributed by atoms with Gasteiger partial charge in [0.05, 0.1) is 17.1 Å². The van der Waals surface area contributed by atoms with Crippen LogP contribution in [0, 0.1) is 13.8 Å². The van der Waals surface area contributed by atoms with Crippen molar-refractivity contribution in [2.45, 2.75) is 31.7 Å². The summed E-state index contributed by atoms with van der Waals surface area (Å²) in [6.45, 7) is 3.97. The lowest BCUT2D eigenvalue weighted by Gasteiger charge is -2.13. The van der Waals surface area contributed by atoms with Crippen molar-refractivity contribution in [1.29, 1.82) is 0 Å². The zero-order chi connectivity index (χ0) is 18.2. The van der Waals surface area contributed by atoms with E-state index < -0.39 is 16.0 Å². The molecule has 1 aliphatic heterocycles. The van der Waals surface area contributed by atoms with E-state index in [0.717, 1.165) is 23.3 Å². The van der Waals surface area contributed by atoms with E-state index in [9.17, 15) is 18.3 Å². The van der Waals surface area contributed by atoms with Gasteiger partial charge in [0.25, 0.3) is 0 Å². The van der Waals surface area contributed by atoms with Gasteiger partial charge in [-0.15, -0.1) is 0 Å². The molecule has 0 fully saturated rings. The predicted octanol–water partition coefficient (Wildman–Crippen LogP) is 2.42. The second kappa shape index (κ2) is 6.50. The van der Waals surface area contributed by atoms with Crippen molar-refractivity contribution < 1.29 is 23.1 Å². The first-order chi connectivity index (χ1) is 11.8. The molecule has 0 spiro atoms. The van der Waals surface area contributed by atoms with Gasteiger partial charge in [-0.3, -0.25) is 0 Å². The van der Waals surface area contributed by atoms with Gasteiger partial charge in [0, 0.05) is 18.5 Å². The van der Waals surface area contributed by atoms with Crippen LogP contribution in [0.15, 0.2) is 35.2 Å². The molecule has 7 heteroatoms. The van der Waals surface area contributed by atoms with Crippen LogP contribution in [0.2, 0.25) is 0 Å². The number of para-hydroxylation sites is 1. The summed E-state index contributed by atoms with van der Waals surface area (Å²) in [6.07, 6.45) is 0.814. The Kier molecular flexibility index (Phi) is 4.53. The molecule has 1 aliphatic rings. The zero-order valence-electron chi connectivity index (χ0n) is 14.0. The molecule has 0 atom stereocenters. The average molecular weight is 361 g/mol. The largest absolute Gasteiger partial charge is 0.493 e. The van der Waals surface area contributed by atoms with Crippen molar-refractivity contribution in [3.8, 4) is 5.75 Å². The van der Waals surface area contributed by atoms with Gasteiger partial charge in [-0.1, -0.05) is 24.3 Å². The summed E-state index contributed by atoms with van der Waals surface area (Å²) in [5.41, 5.74) is 2.84. The molecule has 0 aliphatic carbocycles. The fourth-order valence-electron chi connectivity index (χ4n) is 3.03. The Morgan fingerprint density at radius 3 is 2.72 bits per heavy atom. The molecule has 0 radical (unpaired) electrons. The van der Waals surface area contributed by atoms with Crippen LogP contribution in [-0.4, -0.2) is 26.1 Å². The number of hydrogen-bond acceptors (Lipinski definition) is 4. The van der Waals surface area contributed by atoms with E-state index in [2.05, 4.69) is 4.72 Å². The Balaban J connectivity index is 1.89. The second-order valence-electron chi connectivity index (χ2n) is 6.07. The highest BCUT2D eigenvalue weighted by molar-refractivity contribution is 7.89. The Morgan fingerprint density at radius 1 is 1.24 bits per heavy atom. The first-order valence-electron chi connectivity index (χ1n) is 7.87. The average Bonchev–Trinajstić information content (AvgIpc) is 3.01. The van der Waals surface area contributed by atoms with Gasteiger partial charge in [-0.2, -0.15) is 0 Å². The Morgan fingerprint density at radius 2 is 2.00 bits per heavy atom. The highest BCUT2D eigenvalue weighted by Gasteiger charge is 2.22. The topological polar surface area (TPSA) is 92.7 Å². The van der Waals surface area contributed by atoms with E-state index in [0.29, 0.717) is 17.7 Å². The fourth-order valence-corrected chi connectivity index (χ4v) is 4.28. The number of rotatable bonds is 5. The third kappa shape index (κ3) is 3.38. The molecule has 6 nitrogen and oxygen atoms in total. The zero-order valence-corrected chi connectivity index (χ0v) is 14.8. The molecule has 0 saturated carbocycles. The second-order valence-corrected chi connectivity index (χ2v) is 7.80. The third-order valence-corrected chi connectivity index (χ3v) is 5.83. The summed E-state index contributed by atoms with van der Waals surface area (Å²) in [6, 6.07) is 8.43. The summed E-state index contributed by atoms with van der Waals surface area (Å²) < 4.78 is 33.5. The van der Waals surface area contributed by atoms with Crippen molar-refractivity contribution >= 4 is 16.0 Å². The van der Waals surface area contributed by atoms with Gasteiger partial charge in [0.1, 0.15) is 5.75 Å². The molecule has 2 aromatic carbocycles. The monoisotopic (exact) mass is 361 g/mol. The number of sulfonamides is 1. The lowest BCUT2D eigenvalue weighted by atomic mass is 10.1. The maximum Gasteiger partial charge on any atom is 0.335 e. The molecule has 1 heterocycles. The third-order valence-electron chi connectivity index (χ3n) is 4.29. The lowest BCUT2D eigenvalue weighted by Crippen LogP contribution is -2.24. The van der Waals surface area contributed by atoms with E-state index in [1.165, 1.54) is 6.07 Å². The molecule has 2 aromatic rings. The van der Waals surface area contributed by atoms with E-state index >= 15 is 0 Å². The van der Waals surface area contributed by atoms with Crippen LogP contribution in [-0.2, 0) is 23.0 Å². The highest BCUT2D eigenvalue weighted by atomic mass is 32.2. The van der Waals surface area contributed by atoms with Gasteiger partial charge >= 0.3 is 5.97 Å². The van der Waals surface area contributed by atoms with Crippen LogP contribution < -0.4 is 9.46 Å². The minimum atomic E-state index is -3.85. The standard InChI is InChI=1S/C18H19NO5S/c1-11-8-12(2)16(9-15(11)18(20)21)25(22,23)19-10-14-5-3-4-13-6-7-24-17(13)14/h3-5,8-9,19H,6-7,10H2,1-2H3,(H,20,21). The van der Waals surface area contributed by atoms with Gasteiger partial charge in [0.2, 0.25) is 10.0 Å². The molecule has 0 bridgehead atoms. The van der Waals surface area contributed by atoms with E-state index in [-0.39, 0.29) is 17.0 Å². The Hall–Kier alpha value is -2.38. The van der Waals surface area contributed by atoms with Crippen molar-refractivity contribution in [2.75, 3.05) is 6.61 Å². The molecule has 132 valence electrons. The fraction of sp³-hybridized carbons (Fsp3) is 0.278. The van der Waals surface area contributed by atoms with Gasteiger partial charge in [-0.25, -0.2) is 17.9 Å². The number of carboxylic acid groups (broad SMARTS) is 1. The predicted molar refractivity (Wildman–Crippen MR) is 92.5 cm³/mol. The van der Waals surface area contributed by atoms with Gasteiger partial charge in [0.15, 0.2) is 0 Å². The molecular weight excluding hydrogens is 342 g/mol. The summed E-state index contributed by atoms with van der Waals surface area (Å²) >= 11 is 0. The molecular formula is C18H19NO5S. The van der Waals surface area contributed by atoms with Crippen molar-refractivity contribution in [3.05, 3.63) is 58.1 Å². The SMILES string of the molecule is Cc1cc(C)c(S(=O)(=O)NCc2cccc3c2OCC3)cc1C(=O)O. The number of aromatic carboxylic acids is 1. The quantitative estimate of drug-likeness (QED) is 0.853. The van der Waals surface area contributed by atoms with Gasteiger partial charge < -0.3 is 9.84 Å². The van der Waals surface area contributed by atoms with Crippen LogP contribution >= 0.6 is 0 Å². The normalized spacial score (nSPS) is 13.4. The van der Waals surface area contributed by atoms with Crippen LogP contribution in [0.1, 0.15) is 32.6 Å². The summed E-state index contributed by atoms with van der Waals surface area (Å²) in [7, 11) is -3.85. The number of ether oxygens (including phenoxy) is 1. The summed E-state index contributed by atoms with van der Waals surface area (Å²) in [5, 5.41) is 9.23. The van der Waals surface area contributed by atoms with E-state index in [1.54, 1.807) is 19.9 Å². The molecule has 25 heavy (non-hydrogen) atoms. The van der Waals surface area contributed by atoms with E-state index in [1.807, 2.05) is 18.2 Å². The maximum absolute atomic E-state index is 12.7.